The lowest BCUT2D eigenvalue weighted by Gasteiger charge is -2.34. The molecule has 2 unspecified atom stereocenters. The summed E-state index contributed by atoms with van der Waals surface area (Å²) >= 11 is 0. The molecule has 1 aliphatic heterocycles. The number of halogens is 3. The molecule has 3 aliphatic rings. The van der Waals surface area contributed by atoms with Crippen molar-refractivity contribution in [3.8, 4) is 11.8 Å². The molecule has 1 aromatic carbocycles. The quantitative estimate of drug-likeness (QED) is 0.507. The van der Waals surface area contributed by atoms with E-state index in [1.54, 1.807) is 23.2 Å². The van der Waals surface area contributed by atoms with Crippen LogP contribution < -0.4 is 4.74 Å². The van der Waals surface area contributed by atoms with E-state index >= 15 is 0 Å². The number of fused-ring (bicyclic) bond motifs is 1. The van der Waals surface area contributed by atoms with Crippen LogP contribution in [0.4, 0.5) is 13.2 Å². The van der Waals surface area contributed by atoms with Gasteiger partial charge in [0.1, 0.15) is 11.6 Å². The predicted molar refractivity (Wildman–Crippen MR) is 133 cm³/mol. The monoisotopic (exact) mass is 510 g/mol. The number of aliphatic hydroxyl groups excluding tert-OH is 1. The summed E-state index contributed by atoms with van der Waals surface area (Å²) in [6.45, 7) is 4.79. The molecular formula is C28H29F3N4O2. The average molecular weight is 511 g/mol. The first kappa shape index (κ1) is 25.2. The number of alkyl halides is 3. The molecule has 37 heavy (non-hydrogen) atoms. The molecule has 0 spiro atoms. The molecule has 2 atom stereocenters. The average Bonchev–Trinajstić information content (AvgIpc) is 3.69. The van der Waals surface area contributed by atoms with Gasteiger partial charge >= 0.3 is 6.18 Å². The molecule has 6 nitrogen and oxygen atoms in total. The Morgan fingerprint density at radius 3 is 2.73 bits per heavy atom. The third kappa shape index (κ3) is 4.78. The van der Waals surface area contributed by atoms with Gasteiger partial charge in [0, 0.05) is 29.9 Å². The number of pyridine rings is 1. The molecule has 194 valence electrons. The van der Waals surface area contributed by atoms with Gasteiger partial charge in [0.2, 0.25) is 0 Å². The van der Waals surface area contributed by atoms with Crippen LogP contribution >= 0.6 is 0 Å². The first-order chi connectivity index (χ1) is 17.6. The van der Waals surface area contributed by atoms with Crippen LogP contribution in [0, 0.1) is 17.2 Å². The van der Waals surface area contributed by atoms with Crippen LogP contribution in [0.1, 0.15) is 39.5 Å². The van der Waals surface area contributed by atoms with Crippen LogP contribution in [0.2, 0.25) is 0 Å². The lowest BCUT2D eigenvalue weighted by Crippen LogP contribution is -2.46. The summed E-state index contributed by atoms with van der Waals surface area (Å²) in [7, 11) is 0. The summed E-state index contributed by atoms with van der Waals surface area (Å²) in [5, 5.41) is 21.6. The van der Waals surface area contributed by atoms with Gasteiger partial charge in [-0.05, 0) is 69.4 Å². The molecular weight excluding hydrogens is 481 g/mol. The predicted octanol–water partition coefficient (Wildman–Crippen LogP) is 5.64. The van der Waals surface area contributed by atoms with Crippen molar-refractivity contribution in [2.75, 3.05) is 13.2 Å². The number of hydrogen-bond donors (Lipinski definition) is 1. The molecule has 1 aromatic heterocycles. The SMILES string of the molecule is CC1(C)C(O)N(C2=CCC(C#N)C(C(F)(F)F)=C2)C(=C2CC2)N1CCCOc1ccc2cccnc2c1. The van der Waals surface area contributed by atoms with Crippen molar-refractivity contribution in [3.05, 3.63) is 71.3 Å². The molecule has 2 fully saturated rings. The fraction of sp³-hybridized carbons (Fsp3) is 0.429. The van der Waals surface area contributed by atoms with Gasteiger partial charge in [0.05, 0.1) is 35.2 Å². The van der Waals surface area contributed by atoms with E-state index in [0.29, 0.717) is 19.6 Å². The summed E-state index contributed by atoms with van der Waals surface area (Å²) in [4.78, 5) is 8.06. The summed E-state index contributed by atoms with van der Waals surface area (Å²) < 4.78 is 47.1. The second kappa shape index (κ2) is 9.42. The number of aliphatic hydroxyl groups is 1. The fourth-order valence-corrected chi connectivity index (χ4v) is 5.08. The Kier molecular flexibility index (Phi) is 6.40. The topological polar surface area (TPSA) is 72.6 Å². The standard InChI is InChI=1S/C28H29F3N4O2/c1-27(2)26(36)35(21-10-8-20(17-32)23(15-21)28(29,30)31)25(19-6-7-19)34(27)13-4-14-37-22-11-9-18-5-3-12-33-24(18)16-22/h3,5,9-12,15-16,20,26,36H,4,6-8,13-14H2,1-2H3. The minimum absolute atomic E-state index is 0.0438. The van der Waals surface area contributed by atoms with E-state index in [1.165, 1.54) is 0 Å². The van der Waals surface area contributed by atoms with Crippen LogP contribution in [0.3, 0.4) is 0 Å². The number of benzene rings is 1. The minimum Gasteiger partial charge on any atom is -0.493 e. The Morgan fingerprint density at radius 1 is 1.24 bits per heavy atom. The number of aromatic nitrogens is 1. The zero-order chi connectivity index (χ0) is 26.4. The first-order valence-electron chi connectivity index (χ1n) is 12.4. The molecule has 5 rings (SSSR count). The molecule has 2 aromatic rings. The van der Waals surface area contributed by atoms with Gasteiger partial charge in [-0.2, -0.15) is 18.4 Å². The fourth-order valence-electron chi connectivity index (χ4n) is 5.08. The number of rotatable bonds is 6. The smallest absolute Gasteiger partial charge is 0.414 e. The molecule has 9 heteroatoms. The summed E-state index contributed by atoms with van der Waals surface area (Å²) in [6, 6.07) is 11.4. The summed E-state index contributed by atoms with van der Waals surface area (Å²) in [6.07, 6.45) is 1.04. The second-order valence-electron chi connectivity index (χ2n) is 10.2. The van der Waals surface area contributed by atoms with Crippen molar-refractivity contribution in [1.29, 1.82) is 5.26 Å². The van der Waals surface area contributed by atoms with Crippen LogP contribution in [0.5, 0.6) is 5.75 Å². The number of ether oxygens (including phenoxy) is 1. The maximum absolute atomic E-state index is 13.7. The van der Waals surface area contributed by atoms with E-state index in [2.05, 4.69) is 9.88 Å². The third-order valence-electron chi connectivity index (χ3n) is 7.25. The highest BCUT2D eigenvalue weighted by atomic mass is 19.4. The van der Waals surface area contributed by atoms with Crippen molar-refractivity contribution >= 4 is 10.9 Å². The Labute approximate surface area is 213 Å². The van der Waals surface area contributed by atoms with E-state index in [1.807, 2.05) is 44.2 Å². The van der Waals surface area contributed by atoms with Gasteiger partial charge in [-0.15, -0.1) is 0 Å². The molecule has 0 radical (unpaired) electrons. The van der Waals surface area contributed by atoms with Crippen molar-refractivity contribution in [2.24, 2.45) is 5.92 Å². The van der Waals surface area contributed by atoms with Crippen molar-refractivity contribution < 1.29 is 23.0 Å². The van der Waals surface area contributed by atoms with Gasteiger partial charge in [-0.25, -0.2) is 0 Å². The van der Waals surface area contributed by atoms with Gasteiger partial charge in [-0.3, -0.25) is 9.88 Å². The van der Waals surface area contributed by atoms with Crippen LogP contribution in [0.25, 0.3) is 10.9 Å². The van der Waals surface area contributed by atoms with E-state index in [9.17, 15) is 23.5 Å². The molecule has 1 saturated heterocycles. The molecule has 2 heterocycles. The number of nitrogens with zero attached hydrogens (tertiary/aromatic N) is 4. The van der Waals surface area contributed by atoms with Crippen molar-refractivity contribution in [3.63, 3.8) is 0 Å². The maximum Gasteiger partial charge on any atom is 0.414 e. The number of nitriles is 1. The molecule has 0 amide bonds. The largest absolute Gasteiger partial charge is 0.493 e. The molecule has 2 aliphatic carbocycles. The Balaban J connectivity index is 1.33. The van der Waals surface area contributed by atoms with Crippen LogP contribution in [-0.2, 0) is 0 Å². The number of allylic oxidation sites excluding steroid dienone is 4. The number of hydrogen-bond acceptors (Lipinski definition) is 6. The lowest BCUT2D eigenvalue weighted by atomic mass is 9.90. The van der Waals surface area contributed by atoms with Gasteiger partial charge in [0.15, 0.2) is 6.23 Å². The Morgan fingerprint density at radius 2 is 2.03 bits per heavy atom. The second-order valence-corrected chi connectivity index (χ2v) is 10.2. The van der Waals surface area contributed by atoms with Crippen LogP contribution in [-0.4, -0.2) is 51.0 Å². The molecule has 1 N–H and O–H groups in total. The minimum atomic E-state index is -4.61. The zero-order valence-electron chi connectivity index (χ0n) is 20.8. The summed E-state index contributed by atoms with van der Waals surface area (Å²) in [5.74, 6) is 0.248. The van der Waals surface area contributed by atoms with Gasteiger partial charge in [-0.1, -0.05) is 12.1 Å². The summed E-state index contributed by atoms with van der Waals surface area (Å²) in [5.41, 5.74) is 0.643. The van der Waals surface area contributed by atoms with E-state index in [0.717, 1.165) is 47.0 Å². The van der Waals surface area contributed by atoms with Gasteiger partial charge in [0.25, 0.3) is 0 Å². The maximum atomic E-state index is 13.7. The van der Waals surface area contributed by atoms with Crippen LogP contribution in [0.15, 0.2) is 71.3 Å². The first-order valence-corrected chi connectivity index (χ1v) is 12.4. The van der Waals surface area contributed by atoms with Crippen molar-refractivity contribution in [2.45, 2.75) is 57.5 Å². The Bertz CT molecular complexity index is 1330. The van der Waals surface area contributed by atoms with Gasteiger partial charge < -0.3 is 14.7 Å². The normalized spacial score (nSPS) is 23.2. The lowest BCUT2D eigenvalue weighted by molar-refractivity contribution is -0.0974. The van der Waals surface area contributed by atoms with E-state index < -0.39 is 29.4 Å². The van der Waals surface area contributed by atoms with E-state index in [-0.39, 0.29) is 12.1 Å². The molecule has 1 saturated carbocycles. The zero-order valence-corrected chi connectivity index (χ0v) is 20.8. The molecule has 0 bridgehead atoms. The van der Waals surface area contributed by atoms with Crippen molar-refractivity contribution in [1.82, 2.24) is 14.8 Å². The highest BCUT2D eigenvalue weighted by Gasteiger charge is 2.52. The highest BCUT2D eigenvalue weighted by Crippen LogP contribution is 2.48. The van der Waals surface area contributed by atoms with E-state index in [4.69, 9.17) is 4.74 Å². The Hall–Kier alpha value is -3.51. The third-order valence-corrected chi connectivity index (χ3v) is 7.25. The highest BCUT2D eigenvalue weighted by molar-refractivity contribution is 5.79.